The number of rotatable bonds is 3. The van der Waals surface area contributed by atoms with E-state index in [1.165, 1.54) is 0 Å². The highest BCUT2D eigenvalue weighted by Gasteiger charge is 2.28. The minimum Gasteiger partial charge on any atom is -0.478 e. The number of nitrogens with zero attached hydrogens (tertiary/aromatic N) is 2. The number of carboxylic acid groups (broad SMARTS) is 1. The van der Waals surface area contributed by atoms with Gasteiger partial charge < -0.3 is 15.3 Å². The van der Waals surface area contributed by atoms with E-state index < -0.39 is 5.97 Å². The number of aromatic carboxylic acids is 1. The number of carbonyl (C=O) groups excluding carboxylic acids is 1. The van der Waals surface area contributed by atoms with Gasteiger partial charge in [-0.25, -0.2) is 9.78 Å². The standard InChI is InChI=1S/C16H17N3O3S/c1-19(2)16-18-12-8-17-13(20)7-11(14(12)23-16)9-3-5-10(6-4-9)15(21)22/h3-6,11H,7-8H2,1-2H3,(H,17,20)(H,21,22)/t11-/m0/s1. The van der Waals surface area contributed by atoms with E-state index in [4.69, 9.17) is 5.11 Å². The van der Waals surface area contributed by atoms with Crippen molar-refractivity contribution < 1.29 is 14.7 Å². The SMILES string of the molecule is CN(C)c1nc2c(s1)[C@H](c1ccc(C(=O)O)cc1)CC(=O)NC2. The zero-order valence-electron chi connectivity index (χ0n) is 12.9. The zero-order valence-corrected chi connectivity index (χ0v) is 13.7. The third kappa shape index (κ3) is 3.05. The molecule has 0 aliphatic carbocycles. The van der Waals surface area contributed by atoms with Crippen LogP contribution in [0.25, 0.3) is 0 Å². The number of carbonyl (C=O) groups is 2. The van der Waals surface area contributed by atoms with Crippen LogP contribution < -0.4 is 10.2 Å². The molecule has 2 aromatic rings. The first-order valence-corrected chi connectivity index (χ1v) is 8.04. The van der Waals surface area contributed by atoms with Crippen LogP contribution in [0, 0.1) is 0 Å². The van der Waals surface area contributed by atoms with E-state index in [2.05, 4.69) is 10.3 Å². The first kappa shape index (κ1) is 15.5. The molecule has 1 aromatic carbocycles. The van der Waals surface area contributed by atoms with Crippen LogP contribution in [0.2, 0.25) is 0 Å². The van der Waals surface area contributed by atoms with E-state index in [0.717, 1.165) is 21.3 Å². The van der Waals surface area contributed by atoms with Gasteiger partial charge in [0.05, 0.1) is 17.8 Å². The van der Waals surface area contributed by atoms with E-state index in [0.29, 0.717) is 13.0 Å². The van der Waals surface area contributed by atoms with Gasteiger partial charge in [-0.15, -0.1) is 11.3 Å². The number of aromatic nitrogens is 1. The molecule has 6 nitrogen and oxygen atoms in total. The Morgan fingerprint density at radius 1 is 1.35 bits per heavy atom. The van der Waals surface area contributed by atoms with Crippen LogP contribution in [0.4, 0.5) is 5.13 Å². The number of hydrogen-bond acceptors (Lipinski definition) is 5. The highest BCUT2D eigenvalue weighted by molar-refractivity contribution is 7.15. The Bertz CT molecular complexity index is 752. The summed E-state index contributed by atoms with van der Waals surface area (Å²) in [4.78, 5) is 30.6. The Labute approximate surface area is 137 Å². The highest BCUT2D eigenvalue weighted by atomic mass is 32.1. The number of nitrogens with one attached hydrogen (secondary N) is 1. The molecule has 1 amide bonds. The summed E-state index contributed by atoms with van der Waals surface area (Å²) >= 11 is 1.58. The summed E-state index contributed by atoms with van der Waals surface area (Å²) in [5.41, 5.74) is 2.06. The lowest BCUT2D eigenvalue weighted by Gasteiger charge is -2.14. The van der Waals surface area contributed by atoms with Gasteiger partial charge >= 0.3 is 5.97 Å². The predicted octanol–water partition coefficient (Wildman–Crippen LogP) is 2.06. The molecule has 0 saturated carbocycles. The van der Waals surface area contributed by atoms with Gasteiger partial charge in [0.25, 0.3) is 0 Å². The van der Waals surface area contributed by atoms with E-state index in [1.54, 1.807) is 35.6 Å². The molecular weight excluding hydrogens is 314 g/mol. The maximum absolute atomic E-state index is 12.0. The molecule has 0 radical (unpaired) electrons. The Kier molecular flexibility index (Phi) is 4.04. The third-order valence-electron chi connectivity index (χ3n) is 3.82. The first-order valence-electron chi connectivity index (χ1n) is 7.22. The summed E-state index contributed by atoms with van der Waals surface area (Å²) in [7, 11) is 3.88. The smallest absolute Gasteiger partial charge is 0.335 e. The molecule has 120 valence electrons. The van der Waals surface area contributed by atoms with Crippen molar-refractivity contribution in [3.05, 3.63) is 46.0 Å². The van der Waals surface area contributed by atoms with Crippen molar-refractivity contribution in [3.8, 4) is 0 Å². The van der Waals surface area contributed by atoms with Crippen LogP contribution in [-0.4, -0.2) is 36.1 Å². The van der Waals surface area contributed by atoms with E-state index in [1.807, 2.05) is 19.0 Å². The number of hydrogen-bond donors (Lipinski definition) is 2. The van der Waals surface area contributed by atoms with E-state index >= 15 is 0 Å². The normalized spacial score (nSPS) is 17.1. The second-order valence-electron chi connectivity index (χ2n) is 5.66. The lowest BCUT2D eigenvalue weighted by atomic mass is 9.93. The van der Waals surface area contributed by atoms with Crippen LogP contribution in [-0.2, 0) is 11.3 Å². The van der Waals surface area contributed by atoms with Gasteiger partial charge in [0, 0.05) is 31.3 Å². The zero-order chi connectivity index (χ0) is 16.6. The van der Waals surface area contributed by atoms with Crippen molar-refractivity contribution in [1.82, 2.24) is 10.3 Å². The Hall–Kier alpha value is -2.41. The van der Waals surface area contributed by atoms with Crippen molar-refractivity contribution in [1.29, 1.82) is 0 Å². The van der Waals surface area contributed by atoms with Crippen LogP contribution in [0.1, 0.15) is 38.8 Å². The minimum absolute atomic E-state index is 0.0195. The maximum Gasteiger partial charge on any atom is 0.335 e. The Balaban J connectivity index is 2.02. The monoisotopic (exact) mass is 331 g/mol. The summed E-state index contributed by atoms with van der Waals surface area (Å²) in [5.74, 6) is -1.07. The molecule has 7 heteroatoms. The quantitative estimate of drug-likeness (QED) is 0.899. The summed E-state index contributed by atoms with van der Waals surface area (Å²) in [6.45, 7) is 0.433. The van der Waals surface area contributed by atoms with Crippen molar-refractivity contribution in [2.24, 2.45) is 0 Å². The summed E-state index contributed by atoms with van der Waals surface area (Å²) in [5, 5.41) is 12.8. The molecule has 0 unspecified atom stereocenters. The Morgan fingerprint density at radius 2 is 2.04 bits per heavy atom. The van der Waals surface area contributed by atoms with E-state index in [9.17, 15) is 9.59 Å². The fourth-order valence-corrected chi connectivity index (χ4v) is 3.73. The second kappa shape index (κ2) is 6.00. The van der Waals surface area contributed by atoms with Gasteiger partial charge in [0.2, 0.25) is 5.91 Å². The number of thiazole rings is 1. The van der Waals surface area contributed by atoms with Crippen molar-refractivity contribution >= 4 is 28.3 Å². The highest BCUT2D eigenvalue weighted by Crippen LogP contribution is 2.38. The van der Waals surface area contributed by atoms with Gasteiger partial charge in [-0.2, -0.15) is 0 Å². The van der Waals surface area contributed by atoms with Crippen LogP contribution in [0.3, 0.4) is 0 Å². The summed E-state index contributed by atoms with van der Waals surface area (Å²) < 4.78 is 0. The number of amides is 1. The van der Waals surface area contributed by atoms with Gasteiger partial charge in [0.1, 0.15) is 0 Å². The molecule has 0 spiro atoms. The molecule has 1 aromatic heterocycles. The first-order chi connectivity index (χ1) is 11.0. The molecule has 0 fully saturated rings. The lowest BCUT2D eigenvalue weighted by Crippen LogP contribution is -2.21. The minimum atomic E-state index is -0.955. The lowest BCUT2D eigenvalue weighted by molar-refractivity contribution is -0.121. The van der Waals surface area contributed by atoms with Crippen molar-refractivity contribution in [2.75, 3.05) is 19.0 Å². The van der Waals surface area contributed by atoms with Crippen LogP contribution in [0.15, 0.2) is 24.3 Å². The van der Waals surface area contributed by atoms with Gasteiger partial charge in [-0.1, -0.05) is 12.1 Å². The average Bonchev–Trinajstić information content (AvgIpc) is 2.88. The van der Waals surface area contributed by atoms with Crippen LogP contribution >= 0.6 is 11.3 Å². The molecular formula is C16H17N3O3S. The molecule has 1 atom stereocenters. The van der Waals surface area contributed by atoms with Gasteiger partial charge in [0.15, 0.2) is 5.13 Å². The topological polar surface area (TPSA) is 82.5 Å². The fourth-order valence-electron chi connectivity index (χ4n) is 2.60. The number of benzene rings is 1. The maximum atomic E-state index is 12.0. The summed E-state index contributed by atoms with van der Waals surface area (Å²) in [6, 6.07) is 6.72. The largest absolute Gasteiger partial charge is 0.478 e. The van der Waals surface area contributed by atoms with Crippen molar-refractivity contribution in [3.63, 3.8) is 0 Å². The molecule has 23 heavy (non-hydrogen) atoms. The predicted molar refractivity (Wildman–Crippen MR) is 88.1 cm³/mol. The molecule has 1 aliphatic rings. The molecule has 0 bridgehead atoms. The van der Waals surface area contributed by atoms with Crippen molar-refractivity contribution in [2.45, 2.75) is 18.9 Å². The molecule has 3 rings (SSSR count). The number of anilines is 1. The third-order valence-corrected chi connectivity index (χ3v) is 5.20. The summed E-state index contributed by atoms with van der Waals surface area (Å²) in [6.07, 6.45) is 0.342. The van der Waals surface area contributed by atoms with Gasteiger partial charge in [-0.3, -0.25) is 4.79 Å². The Morgan fingerprint density at radius 3 is 2.65 bits per heavy atom. The molecule has 1 aliphatic heterocycles. The molecule has 2 N–H and O–H groups in total. The fraction of sp³-hybridized carbons (Fsp3) is 0.312. The number of fused-ring (bicyclic) bond motifs is 1. The second-order valence-corrected chi connectivity index (χ2v) is 6.67. The average molecular weight is 331 g/mol. The van der Waals surface area contributed by atoms with Gasteiger partial charge in [-0.05, 0) is 17.7 Å². The van der Waals surface area contributed by atoms with E-state index in [-0.39, 0.29) is 17.4 Å². The van der Waals surface area contributed by atoms with Crippen LogP contribution in [0.5, 0.6) is 0 Å². The number of carboxylic acids is 1. The molecule has 2 heterocycles. The molecule has 0 saturated heterocycles.